The van der Waals surface area contributed by atoms with Crippen LogP contribution in [0.3, 0.4) is 0 Å². The van der Waals surface area contributed by atoms with Gasteiger partial charge >= 0.3 is 0 Å². The summed E-state index contributed by atoms with van der Waals surface area (Å²) in [7, 11) is 1.54. The number of aliphatic hydroxyl groups is 1. The van der Waals surface area contributed by atoms with Gasteiger partial charge in [0.25, 0.3) is 5.91 Å². The number of carbonyl (C=O) groups excluding carboxylic acids is 1. The third kappa shape index (κ3) is 5.37. The molecule has 0 aliphatic heterocycles. The number of nitrogens with one attached hydrogen (secondary N) is 2. The minimum Gasteiger partial charge on any atom is -0.496 e. The van der Waals surface area contributed by atoms with Gasteiger partial charge < -0.3 is 24.3 Å². The molecule has 0 unspecified atom stereocenters. The van der Waals surface area contributed by atoms with Crippen LogP contribution < -0.4 is 20.1 Å². The highest BCUT2D eigenvalue weighted by atomic mass is 32.1. The van der Waals surface area contributed by atoms with Crippen molar-refractivity contribution in [2.75, 3.05) is 19.0 Å². The number of anilines is 1. The fraction of sp³-hybridized carbons (Fsp3) is 0.182. The lowest BCUT2D eigenvalue weighted by Crippen LogP contribution is -2.37. The predicted octanol–water partition coefficient (Wildman–Crippen LogP) is 3.65. The second-order valence-electron chi connectivity index (χ2n) is 6.40. The Balaban J connectivity index is 1.59. The van der Waals surface area contributed by atoms with E-state index in [1.165, 1.54) is 0 Å². The van der Waals surface area contributed by atoms with E-state index >= 15 is 0 Å². The van der Waals surface area contributed by atoms with Crippen LogP contribution in [0.5, 0.6) is 11.5 Å². The highest BCUT2D eigenvalue weighted by Crippen LogP contribution is 2.33. The quantitative estimate of drug-likeness (QED) is 0.497. The lowest BCUT2D eigenvalue weighted by atomic mass is 10.1. The summed E-state index contributed by atoms with van der Waals surface area (Å²) in [4.78, 5) is 12.1. The van der Waals surface area contributed by atoms with Gasteiger partial charge in [-0.1, -0.05) is 18.2 Å². The number of amides is 1. The summed E-state index contributed by atoms with van der Waals surface area (Å²) in [5.74, 6) is 1.87. The number of benzene rings is 2. The fourth-order valence-corrected chi connectivity index (χ4v) is 3.00. The average molecular weight is 426 g/mol. The number of rotatable bonds is 7. The van der Waals surface area contributed by atoms with Gasteiger partial charge in [0.05, 0.1) is 12.7 Å². The molecule has 7 nitrogen and oxygen atoms in total. The molecule has 30 heavy (non-hydrogen) atoms. The molecule has 0 aliphatic rings. The third-order valence-corrected chi connectivity index (χ3v) is 4.45. The molecule has 0 fully saturated rings. The second-order valence-corrected chi connectivity index (χ2v) is 6.80. The number of methoxy groups -OCH3 is 1. The van der Waals surface area contributed by atoms with Crippen LogP contribution in [-0.4, -0.2) is 29.8 Å². The molecule has 0 atom stereocenters. The van der Waals surface area contributed by atoms with Crippen LogP contribution in [-0.2, 0) is 11.4 Å². The van der Waals surface area contributed by atoms with Crippen molar-refractivity contribution < 1.29 is 23.8 Å². The van der Waals surface area contributed by atoms with Crippen LogP contribution in [0.25, 0.3) is 11.3 Å². The molecule has 3 N–H and O–H groups in total. The van der Waals surface area contributed by atoms with E-state index in [4.69, 9.17) is 31.2 Å². The molecular weight excluding hydrogens is 404 g/mol. The Hall–Kier alpha value is -3.36. The van der Waals surface area contributed by atoms with E-state index in [2.05, 4.69) is 10.6 Å². The summed E-state index contributed by atoms with van der Waals surface area (Å²) in [5, 5.41) is 14.8. The summed E-state index contributed by atoms with van der Waals surface area (Å²) < 4.78 is 16.5. The number of furan rings is 1. The molecule has 0 aliphatic carbocycles. The zero-order chi connectivity index (χ0) is 21.5. The van der Waals surface area contributed by atoms with Gasteiger partial charge in [0, 0.05) is 11.8 Å². The average Bonchev–Trinajstić information content (AvgIpc) is 3.22. The molecule has 3 rings (SSSR count). The van der Waals surface area contributed by atoms with E-state index in [0.717, 1.165) is 11.1 Å². The summed E-state index contributed by atoms with van der Waals surface area (Å²) in [6, 6.07) is 16.2. The first-order valence-corrected chi connectivity index (χ1v) is 9.58. The van der Waals surface area contributed by atoms with Crippen molar-refractivity contribution in [3.8, 4) is 22.8 Å². The minimum atomic E-state index is -0.369. The Morgan fingerprint density at radius 2 is 1.93 bits per heavy atom. The molecular formula is C22H22N2O5S. The maximum Gasteiger partial charge on any atom is 0.264 e. The molecule has 0 saturated carbocycles. The maximum absolute atomic E-state index is 12.1. The number of thiocarbonyl (C=S) groups is 1. The monoisotopic (exact) mass is 426 g/mol. The number of hydrogen-bond acceptors (Lipinski definition) is 6. The van der Waals surface area contributed by atoms with Crippen molar-refractivity contribution in [2.45, 2.75) is 13.5 Å². The zero-order valence-electron chi connectivity index (χ0n) is 16.6. The second kappa shape index (κ2) is 9.91. The van der Waals surface area contributed by atoms with E-state index < -0.39 is 0 Å². The van der Waals surface area contributed by atoms with E-state index in [1.54, 1.807) is 43.5 Å². The van der Waals surface area contributed by atoms with Gasteiger partial charge in [0.15, 0.2) is 11.7 Å². The van der Waals surface area contributed by atoms with Gasteiger partial charge in [-0.2, -0.15) is 0 Å². The molecule has 156 valence electrons. The van der Waals surface area contributed by atoms with Crippen LogP contribution in [0.15, 0.2) is 59.0 Å². The van der Waals surface area contributed by atoms with Gasteiger partial charge in [0.1, 0.15) is 29.6 Å². The molecule has 3 aromatic rings. The van der Waals surface area contributed by atoms with E-state index in [0.29, 0.717) is 28.7 Å². The lowest BCUT2D eigenvalue weighted by Gasteiger charge is -2.13. The number of ether oxygens (including phenoxy) is 2. The third-order valence-electron chi connectivity index (χ3n) is 4.25. The Morgan fingerprint density at radius 1 is 1.13 bits per heavy atom. The molecule has 0 spiro atoms. The number of para-hydroxylation sites is 1. The van der Waals surface area contributed by atoms with E-state index in [1.807, 2.05) is 25.1 Å². The van der Waals surface area contributed by atoms with Crippen molar-refractivity contribution in [3.05, 3.63) is 65.9 Å². The summed E-state index contributed by atoms with van der Waals surface area (Å²) >= 11 is 5.21. The number of carbonyl (C=O) groups is 1. The number of aliphatic hydroxyl groups excluding tert-OH is 1. The summed E-state index contributed by atoms with van der Waals surface area (Å²) in [5.41, 5.74) is 2.31. The van der Waals surface area contributed by atoms with Gasteiger partial charge in [-0.05, 0) is 55.0 Å². The van der Waals surface area contributed by atoms with E-state index in [-0.39, 0.29) is 24.2 Å². The van der Waals surface area contributed by atoms with Crippen LogP contribution in [0.1, 0.15) is 11.3 Å². The van der Waals surface area contributed by atoms with Crippen molar-refractivity contribution in [3.63, 3.8) is 0 Å². The van der Waals surface area contributed by atoms with Gasteiger partial charge in [-0.25, -0.2) is 0 Å². The SMILES string of the molecule is COc1cc(NC(=S)NC(=O)COc2ccccc2C)ccc1-c1ccc(CO)o1. The van der Waals surface area contributed by atoms with Crippen molar-refractivity contribution in [1.82, 2.24) is 5.32 Å². The zero-order valence-corrected chi connectivity index (χ0v) is 17.4. The first-order chi connectivity index (χ1) is 14.5. The smallest absolute Gasteiger partial charge is 0.264 e. The predicted molar refractivity (Wildman–Crippen MR) is 118 cm³/mol. The summed E-state index contributed by atoms with van der Waals surface area (Å²) in [6.45, 7) is 1.58. The van der Waals surface area contributed by atoms with Gasteiger partial charge in [-0.15, -0.1) is 0 Å². The number of hydrogen-bond donors (Lipinski definition) is 3. The van der Waals surface area contributed by atoms with Gasteiger partial charge in [0.2, 0.25) is 0 Å². The first kappa shape index (κ1) is 21.4. The highest BCUT2D eigenvalue weighted by Gasteiger charge is 2.13. The molecule has 8 heteroatoms. The Bertz CT molecular complexity index is 1050. The molecule has 1 heterocycles. The van der Waals surface area contributed by atoms with Crippen molar-refractivity contribution >= 4 is 28.9 Å². The molecule has 0 bridgehead atoms. The van der Waals surface area contributed by atoms with Crippen LogP contribution in [0, 0.1) is 6.92 Å². The normalized spacial score (nSPS) is 10.4. The standard InChI is InChI=1S/C22H22N2O5S/c1-14-5-3-4-6-18(14)28-13-21(26)24-22(30)23-15-7-9-17(20(11-15)27-2)19-10-8-16(12-25)29-19/h3-11,25H,12-13H2,1-2H3,(H2,23,24,26,30). The highest BCUT2D eigenvalue weighted by molar-refractivity contribution is 7.80. The molecule has 2 aromatic carbocycles. The minimum absolute atomic E-state index is 0.142. The molecule has 0 saturated heterocycles. The lowest BCUT2D eigenvalue weighted by molar-refractivity contribution is -0.121. The van der Waals surface area contributed by atoms with Crippen LogP contribution in [0.2, 0.25) is 0 Å². The Morgan fingerprint density at radius 3 is 2.63 bits per heavy atom. The largest absolute Gasteiger partial charge is 0.496 e. The Labute approximate surface area is 179 Å². The fourth-order valence-electron chi connectivity index (χ4n) is 2.77. The van der Waals surface area contributed by atoms with E-state index in [9.17, 15) is 4.79 Å². The Kier molecular flexibility index (Phi) is 7.05. The van der Waals surface area contributed by atoms with Crippen molar-refractivity contribution in [1.29, 1.82) is 0 Å². The maximum atomic E-state index is 12.1. The van der Waals surface area contributed by atoms with Crippen molar-refractivity contribution in [2.24, 2.45) is 0 Å². The molecule has 0 radical (unpaired) electrons. The molecule has 1 amide bonds. The van der Waals surface area contributed by atoms with Crippen LogP contribution >= 0.6 is 12.2 Å². The summed E-state index contributed by atoms with van der Waals surface area (Å²) in [6.07, 6.45) is 0. The van der Waals surface area contributed by atoms with Gasteiger partial charge in [-0.3, -0.25) is 10.1 Å². The van der Waals surface area contributed by atoms with Crippen LogP contribution in [0.4, 0.5) is 5.69 Å². The number of aryl methyl sites for hydroxylation is 1. The topological polar surface area (TPSA) is 93.0 Å². The first-order valence-electron chi connectivity index (χ1n) is 9.17. The molecule has 1 aromatic heterocycles.